The highest BCUT2D eigenvalue weighted by Crippen LogP contribution is 2.37. The molecule has 12 heteroatoms. The maximum atomic E-state index is 13.1. The Morgan fingerprint density at radius 3 is 2.46 bits per heavy atom. The molecule has 0 atom stereocenters. The van der Waals surface area contributed by atoms with Crippen molar-refractivity contribution in [1.82, 2.24) is 0 Å². The third-order valence-electron chi connectivity index (χ3n) is 3.64. The average molecular weight is 421 g/mol. The second-order valence-corrected chi connectivity index (χ2v) is 7.28. The normalized spacial score (nSPS) is 12.5. The fourth-order valence-electron chi connectivity index (χ4n) is 2.22. The topological polar surface area (TPSA) is 123 Å². The first-order valence-corrected chi connectivity index (χ1v) is 9.70. The first-order valence-electron chi connectivity index (χ1n) is 8.29. The van der Waals surface area contributed by atoms with Crippen LogP contribution >= 0.6 is 0 Å². The first kappa shape index (κ1) is 23.4. The van der Waals surface area contributed by atoms with Gasteiger partial charge in [-0.3, -0.25) is 14.4 Å². The number of unbranched alkanes of at least 4 members (excludes halogenated alkanes) is 4. The fraction of sp³-hybridized carbons (Fsp3) is 0.500. The predicted molar refractivity (Wildman–Crippen MR) is 92.8 cm³/mol. The molecule has 0 aliphatic heterocycles. The van der Waals surface area contributed by atoms with Crippen LogP contribution in [0.4, 0.5) is 18.9 Å². The van der Waals surface area contributed by atoms with Gasteiger partial charge >= 0.3 is 16.3 Å². The van der Waals surface area contributed by atoms with Crippen LogP contribution in [-0.4, -0.2) is 19.1 Å². The first-order chi connectivity index (χ1) is 13.0. The summed E-state index contributed by atoms with van der Waals surface area (Å²) in [7, 11) is -5.04. The van der Waals surface area contributed by atoms with Crippen LogP contribution < -0.4 is 0 Å². The molecule has 0 fully saturated rings. The Morgan fingerprint density at radius 1 is 1.29 bits per heavy atom. The van der Waals surface area contributed by atoms with Crippen LogP contribution in [0, 0.1) is 21.4 Å². The molecule has 0 heterocycles. The molecule has 0 saturated carbocycles. The molecular weight excluding hydrogens is 403 g/mol. The average Bonchev–Trinajstić information content (AvgIpc) is 2.62. The molecular formula is C16H18F3N3O5S. The SMILES string of the molecule is CCCCCCCC(C#N)=NOS(=O)(=O)c1ccc([N+](=O)[O-])cc1C(F)(F)F. The maximum absolute atomic E-state index is 13.1. The number of nitro benzene ring substituents is 1. The number of hydrogen-bond acceptors (Lipinski definition) is 7. The van der Waals surface area contributed by atoms with Gasteiger partial charge in [0, 0.05) is 18.6 Å². The highest BCUT2D eigenvalue weighted by molar-refractivity contribution is 7.86. The number of halogens is 3. The Hall–Kier alpha value is -2.68. The third kappa shape index (κ3) is 6.80. The molecule has 0 amide bonds. The van der Waals surface area contributed by atoms with Crippen molar-refractivity contribution in [3.05, 3.63) is 33.9 Å². The molecule has 1 rings (SSSR count). The van der Waals surface area contributed by atoms with E-state index >= 15 is 0 Å². The number of nitro groups is 1. The lowest BCUT2D eigenvalue weighted by molar-refractivity contribution is -0.385. The number of hydrogen-bond donors (Lipinski definition) is 0. The molecule has 1 aromatic carbocycles. The van der Waals surface area contributed by atoms with Gasteiger partial charge in [-0.2, -0.15) is 26.9 Å². The molecule has 0 aliphatic rings. The van der Waals surface area contributed by atoms with E-state index in [1.54, 1.807) is 6.07 Å². The minimum Gasteiger partial charge on any atom is -0.264 e. The molecule has 28 heavy (non-hydrogen) atoms. The van der Waals surface area contributed by atoms with Crippen molar-refractivity contribution in [3.8, 4) is 6.07 Å². The summed E-state index contributed by atoms with van der Waals surface area (Å²) in [6.07, 6.45) is -0.808. The van der Waals surface area contributed by atoms with E-state index in [4.69, 9.17) is 5.26 Å². The number of oxime groups is 1. The zero-order valence-corrected chi connectivity index (χ0v) is 15.7. The van der Waals surface area contributed by atoms with Crippen LogP contribution in [0.1, 0.15) is 51.0 Å². The molecule has 0 bridgehead atoms. The Kier molecular flexibility index (Phi) is 8.36. The quantitative estimate of drug-likeness (QED) is 0.236. The summed E-state index contributed by atoms with van der Waals surface area (Å²) < 4.78 is 67.8. The van der Waals surface area contributed by atoms with Crippen molar-refractivity contribution in [3.63, 3.8) is 0 Å². The molecule has 0 radical (unpaired) electrons. The fourth-order valence-corrected chi connectivity index (χ4v) is 3.17. The van der Waals surface area contributed by atoms with E-state index in [0.717, 1.165) is 25.7 Å². The van der Waals surface area contributed by atoms with Gasteiger partial charge in [0.05, 0.1) is 10.5 Å². The number of rotatable bonds is 10. The van der Waals surface area contributed by atoms with Crippen molar-refractivity contribution < 1.29 is 30.8 Å². The summed E-state index contributed by atoms with van der Waals surface area (Å²) in [6, 6.07) is 2.76. The van der Waals surface area contributed by atoms with Gasteiger partial charge in [-0.25, -0.2) is 0 Å². The summed E-state index contributed by atoms with van der Waals surface area (Å²) in [5.41, 5.74) is -2.97. The van der Waals surface area contributed by atoms with E-state index in [9.17, 15) is 31.7 Å². The summed E-state index contributed by atoms with van der Waals surface area (Å²) in [5.74, 6) is 0. The van der Waals surface area contributed by atoms with E-state index < -0.39 is 37.4 Å². The Morgan fingerprint density at radius 2 is 1.93 bits per heavy atom. The van der Waals surface area contributed by atoms with Crippen molar-refractivity contribution in [2.45, 2.75) is 56.5 Å². The summed E-state index contributed by atoms with van der Waals surface area (Å²) in [4.78, 5) is 8.25. The Balaban J connectivity index is 3.06. The van der Waals surface area contributed by atoms with Gasteiger partial charge in [0.2, 0.25) is 0 Å². The standard InChI is InChI=1S/C16H18F3N3O5S/c1-2-3-4-5-6-7-12(11-20)21-27-28(25,26)15-9-8-13(22(23)24)10-14(15)16(17,18)19/h8-10H,2-7H2,1H3. The number of non-ortho nitro benzene ring substituents is 1. The second kappa shape index (κ2) is 10.0. The molecule has 0 aliphatic carbocycles. The number of nitriles is 1. The van der Waals surface area contributed by atoms with Crippen LogP contribution in [0.25, 0.3) is 0 Å². The number of nitrogens with zero attached hydrogens (tertiary/aromatic N) is 3. The van der Waals surface area contributed by atoms with E-state index in [1.165, 1.54) is 0 Å². The van der Waals surface area contributed by atoms with E-state index in [2.05, 4.69) is 9.44 Å². The predicted octanol–water partition coefficient (Wildman–Crippen LogP) is 4.56. The largest absolute Gasteiger partial charge is 0.418 e. The zero-order valence-electron chi connectivity index (χ0n) is 14.9. The van der Waals surface area contributed by atoms with Crippen LogP contribution in [0.2, 0.25) is 0 Å². The third-order valence-corrected chi connectivity index (χ3v) is 4.81. The number of benzene rings is 1. The van der Waals surface area contributed by atoms with Crippen molar-refractivity contribution in [1.29, 1.82) is 5.26 Å². The molecule has 1 aromatic rings. The molecule has 0 spiro atoms. The monoisotopic (exact) mass is 421 g/mol. The van der Waals surface area contributed by atoms with E-state index in [0.29, 0.717) is 18.6 Å². The van der Waals surface area contributed by atoms with Crippen molar-refractivity contribution in [2.24, 2.45) is 5.16 Å². The molecule has 0 aromatic heterocycles. The lowest BCUT2D eigenvalue weighted by atomic mass is 10.1. The van der Waals surface area contributed by atoms with Gasteiger partial charge in [-0.1, -0.05) is 37.8 Å². The van der Waals surface area contributed by atoms with Gasteiger partial charge in [-0.05, 0) is 12.5 Å². The summed E-state index contributed by atoms with van der Waals surface area (Å²) in [6.45, 7) is 2.02. The summed E-state index contributed by atoms with van der Waals surface area (Å²) >= 11 is 0. The van der Waals surface area contributed by atoms with Crippen LogP contribution in [-0.2, 0) is 20.6 Å². The molecule has 0 N–H and O–H groups in total. The highest BCUT2D eigenvalue weighted by atomic mass is 32.2. The minimum atomic E-state index is -5.18. The Labute approximate surface area is 159 Å². The molecule has 0 unspecified atom stereocenters. The van der Waals surface area contributed by atoms with Crippen LogP contribution in [0.5, 0.6) is 0 Å². The van der Waals surface area contributed by atoms with Crippen molar-refractivity contribution >= 4 is 21.5 Å². The van der Waals surface area contributed by atoms with Gasteiger partial charge < -0.3 is 0 Å². The molecule has 154 valence electrons. The summed E-state index contributed by atoms with van der Waals surface area (Å²) in [5, 5.41) is 22.8. The number of alkyl halides is 3. The minimum absolute atomic E-state index is 0.0961. The Bertz CT molecular complexity index is 876. The van der Waals surface area contributed by atoms with Gasteiger partial charge in [0.1, 0.15) is 11.0 Å². The van der Waals surface area contributed by atoms with Gasteiger partial charge in [-0.15, -0.1) is 0 Å². The molecule has 0 saturated heterocycles. The van der Waals surface area contributed by atoms with Crippen molar-refractivity contribution in [2.75, 3.05) is 0 Å². The van der Waals surface area contributed by atoms with E-state index in [1.807, 2.05) is 6.92 Å². The van der Waals surface area contributed by atoms with Crippen LogP contribution in [0.3, 0.4) is 0 Å². The molecule has 8 nitrogen and oxygen atoms in total. The lowest BCUT2D eigenvalue weighted by Crippen LogP contribution is -2.15. The second-order valence-electron chi connectivity index (χ2n) is 5.78. The highest BCUT2D eigenvalue weighted by Gasteiger charge is 2.39. The maximum Gasteiger partial charge on any atom is 0.418 e. The zero-order chi connectivity index (χ0) is 21.4. The van der Waals surface area contributed by atoms with Gasteiger partial charge in [0.15, 0.2) is 5.71 Å². The smallest absolute Gasteiger partial charge is 0.264 e. The van der Waals surface area contributed by atoms with Crippen LogP contribution in [0.15, 0.2) is 28.3 Å². The lowest BCUT2D eigenvalue weighted by Gasteiger charge is -2.11. The van der Waals surface area contributed by atoms with E-state index in [-0.39, 0.29) is 18.2 Å². The van der Waals surface area contributed by atoms with Gasteiger partial charge in [0.25, 0.3) is 5.69 Å².